The van der Waals surface area contributed by atoms with Crippen LogP contribution in [0, 0.1) is 0 Å². The van der Waals surface area contributed by atoms with E-state index >= 15 is 0 Å². The molecule has 2 N–H and O–H groups in total. The first-order chi connectivity index (χ1) is 12.8. The van der Waals surface area contributed by atoms with Gasteiger partial charge in [-0.2, -0.15) is 0 Å². The van der Waals surface area contributed by atoms with E-state index in [0.717, 1.165) is 4.47 Å². The number of rotatable bonds is 5. The Morgan fingerprint density at radius 3 is 2.70 bits per heavy atom. The van der Waals surface area contributed by atoms with Gasteiger partial charge in [-0.1, -0.05) is 22.9 Å². The van der Waals surface area contributed by atoms with E-state index < -0.39 is 12.0 Å². The van der Waals surface area contributed by atoms with Crippen LogP contribution in [0.1, 0.15) is 37.0 Å². The second kappa shape index (κ2) is 9.80. The van der Waals surface area contributed by atoms with Crippen LogP contribution >= 0.6 is 28.1 Å². The molecular formula is C18H22BrN3O4S. The molecule has 1 aliphatic rings. The minimum Gasteiger partial charge on any atom is -0.463 e. The van der Waals surface area contributed by atoms with Crippen molar-refractivity contribution < 1.29 is 19.1 Å². The highest BCUT2D eigenvalue weighted by Gasteiger charge is 2.34. The van der Waals surface area contributed by atoms with Crippen LogP contribution in [-0.4, -0.2) is 53.0 Å². The van der Waals surface area contributed by atoms with E-state index in [1.165, 1.54) is 0 Å². The molecule has 0 bridgehead atoms. The highest BCUT2D eigenvalue weighted by atomic mass is 79.9. The largest absolute Gasteiger partial charge is 0.463 e. The summed E-state index contributed by atoms with van der Waals surface area (Å²) in [5, 5.41) is 5.46. The Morgan fingerprint density at radius 2 is 2.07 bits per heavy atom. The summed E-state index contributed by atoms with van der Waals surface area (Å²) in [5.41, 5.74) is 0.440. The molecule has 1 aromatic rings. The first-order valence-corrected chi connectivity index (χ1v) is 9.86. The summed E-state index contributed by atoms with van der Waals surface area (Å²) in [7, 11) is 0. The molecule has 1 aliphatic heterocycles. The summed E-state index contributed by atoms with van der Waals surface area (Å²) >= 11 is 8.64. The van der Waals surface area contributed by atoms with Gasteiger partial charge in [0.15, 0.2) is 5.11 Å². The van der Waals surface area contributed by atoms with Gasteiger partial charge in [-0.3, -0.25) is 19.7 Å². The third kappa shape index (κ3) is 6.00. The predicted octanol–water partition coefficient (Wildman–Crippen LogP) is 2.00. The van der Waals surface area contributed by atoms with Crippen molar-refractivity contribution in [2.24, 2.45) is 0 Å². The van der Waals surface area contributed by atoms with E-state index in [2.05, 4.69) is 26.6 Å². The van der Waals surface area contributed by atoms with Gasteiger partial charge in [-0.25, -0.2) is 0 Å². The Kier molecular flexibility index (Phi) is 7.73. The highest BCUT2D eigenvalue weighted by Crippen LogP contribution is 2.13. The van der Waals surface area contributed by atoms with Crippen LogP contribution in [0.25, 0.3) is 0 Å². The minimum atomic E-state index is -0.812. The molecular weight excluding hydrogens is 434 g/mol. The highest BCUT2D eigenvalue weighted by molar-refractivity contribution is 9.10. The molecule has 146 valence electrons. The van der Waals surface area contributed by atoms with Crippen molar-refractivity contribution in [3.05, 3.63) is 34.3 Å². The van der Waals surface area contributed by atoms with E-state index in [9.17, 15) is 14.4 Å². The molecule has 2 atom stereocenters. The number of hydrogen-bond acceptors (Lipinski definition) is 5. The summed E-state index contributed by atoms with van der Waals surface area (Å²) in [6.07, 6.45) is 0.333. The number of nitrogens with zero attached hydrogens (tertiary/aromatic N) is 1. The molecule has 1 aromatic carbocycles. The number of ether oxygens (including phenoxy) is 1. The van der Waals surface area contributed by atoms with Crippen molar-refractivity contribution in [1.82, 2.24) is 15.5 Å². The number of halogens is 1. The molecule has 0 spiro atoms. The molecule has 1 saturated heterocycles. The topological polar surface area (TPSA) is 87.7 Å². The molecule has 2 rings (SSSR count). The summed E-state index contributed by atoms with van der Waals surface area (Å²) in [4.78, 5) is 38.3. The van der Waals surface area contributed by atoms with Gasteiger partial charge in [-0.15, -0.1) is 0 Å². The molecule has 2 unspecified atom stereocenters. The van der Waals surface area contributed by atoms with Crippen LogP contribution in [0.3, 0.4) is 0 Å². The number of amides is 2. The number of thiocarbonyl (C=S) groups is 1. The molecule has 2 amide bonds. The summed E-state index contributed by atoms with van der Waals surface area (Å²) in [6, 6.07) is 6.01. The first-order valence-electron chi connectivity index (χ1n) is 8.66. The van der Waals surface area contributed by atoms with Gasteiger partial charge in [0.2, 0.25) is 5.91 Å². The number of carbonyl (C=O) groups is 3. The van der Waals surface area contributed by atoms with Gasteiger partial charge in [0.1, 0.15) is 6.04 Å². The number of esters is 1. The standard InChI is InChI=1S/C18H22BrN3O4S/c1-3-11(2)26-15(23)10-14-17(25)20-8-9-22(14)18(27)21-16(24)12-4-6-13(19)7-5-12/h4-7,11,14H,3,8-10H2,1-2H3,(H,20,25)(H,21,24,27). The van der Waals surface area contributed by atoms with E-state index in [4.69, 9.17) is 17.0 Å². The van der Waals surface area contributed by atoms with Gasteiger partial charge >= 0.3 is 5.97 Å². The third-order valence-corrected chi connectivity index (χ3v) is 5.05. The Hall–Kier alpha value is -2.00. The maximum absolute atomic E-state index is 12.4. The summed E-state index contributed by atoms with van der Waals surface area (Å²) in [6.45, 7) is 4.47. The number of carbonyl (C=O) groups excluding carboxylic acids is 3. The zero-order valence-electron chi connectivity index (χ0n) is 15.2. The maximum Gasteiger partial charge on any atom is 0.308 e. The summed E-state index contributed by atoms with van der Waals surface area (Å²) in [5.74, 6) is -1.17. The van der Waals surface area contributed by atoms with Crippen LogP contribution in [0.2, 0.25) is 0 Å². The van der Waals surface area contributed by atoms with Gasteiger partial charge in [-0.05, 0) is 49.8 Å². The fourth-order valence-corrected chi connectivity index (χ4v) is 3.09. The molecule has 27 heavy (non-hydrogen) atoms. The van der Waals surface area contributed by atoms with Crippen molar-refractivity contribution in [2.45, 2.75) is 38.8 Å². The smallest absolute Gasteiger partial charge is 0.308 e. The van der Waals surface area contributed by atoms with Gasteiger partial charge < -0.3 is 15.0 Å². The lowest BCUT2D eigenvalue weighted by Crippen LogP contribution is -2.60. The SMILES string of the molecule is CCC(C)OC(=O)CC1C(=O)NCCN1C(=S)NC(=O)c1ccc(Br)cc1. The zero-order valence-corrected chi connectivity index (χ0v) is 17.6. The van der Waals surface area contributed by atoms with Crippen molar-refractivity contribution >= 4 is 51.0 Å². The van der Waals surface area contributed by atoms with Gasteiger partial charge in [0.05, 0.1) is 12.5 Å². The minimum absolute atomic E-state index is 0.110. The third-order valence-electron chi connectivity index (χ3n) is 4.19. The molecule has 9 heteroatoms. The predicted molar refractivity (Wildman–Crippen MR) is 108 cm³/mol. The quantitative estimate of drug-likeness (QED) is 0.521. The molecule has 0 aliphatic carbocycles. The molecule has 0 aromatic heterocycles. The van der Waals surface area contributed by atoms with Crippen molar-refractivity contribution in [3.63, 3.8) is 0 Å². The summed E-state index contributed by atoms with van der Waals surface area (Å²) < 4.78 is 6.12. The van der Waals surface area contributed by atoms with E-state index in [1.807, 2.05) is 6.92 Å². The molecule has 1 heterocycles. The molecule has 7 nitrogen and oxygen atoms in total. The van der Waals surface area contributed by atoms with Crippen LogP contribution in [-0.2, 0) is 14.3 Å². The molecule has 1 fully saturated rings. The average Bonchev–Trinajstić information content (AvgIpc) is 2.63. The lowest BCUT2D eigenvalue weighted by atomic mass is 10.1. The lowest BCUT2D eigenvalue weighted by molar-refractivity contribution is -0.151. The van der Waals surface area contributed by atoms with E-state index in [1.54, 1.807) is 36.1 Å². The second-order valence-electron chi connectivity index (χ2n) is 6.18. The number of piperazine rings is 1. The van der Waals surface area contributed by atoms with E-state index in [-0.39, 0.29) is 29.5 Å². The van der Waals surface area contributed by atoms with Crippen LogP contribution < -0.4 is 10.6 Å². The van der Waals surface area contributed by atoms with Crippen molar-refractivity contribution in [3.8, 4) is 0 Å². The lowest BCUT2D eigenvalue weighted by Gasteiger charge is -2.36. The van der Waals surface area contributed by atoms with Crippen molar-refractivity contribution in [2.75, 3.05) is 13.1 Å². The van der Waals surface area contributed by atoms with Gasteiger partial charge in [0, 0.05) is 23.1 Å². The van der Waals surface area contributed by atoms with Gasteiger partial charge in [0.25, 0.3) is 5.91 Å². The molecule has 0 saturated carbocycles. The molecule has 0 radical (unpaired) electrons. The fraction of sp³-hybridized carbons (Fsp3) is 0.444. The van der Waals surface area contributed by atoms with Crippen LogP contribution in [0.15, 0.2) is 28.7 Å². The Morgan fingerprint density at radius 1 is 1.41 bits per heavy atom. The fourth-order valence-electron chi connectivity index (χ4n) is 2.52. The van der Waals surface area contributed by atoms with Crippen LogP contribution in [0.5, 0.6) is 0 Å². The Labute approximate surface area is 171 Å². The first kappa shape index (κ1) is 21.3. The second-order valence-corrected chi connectivity index (χ2v) is 7.48. The average molecular weight is 456 g/mol. The number of benzene rings is 1. The number of nitrogens with one attached hydrogen (secondary N) is 2. The van der Waals surface area contributed by atoms with Crippen LogP contribution in [0.4, 0.5) is 0 Å². The normalized spacial score (nSPS) is 17.7. The Balaban J connectivity index is 2.04. The number of hydrogen-bond donors (Lipinski definition) is 2. The zero-order chi connectivity index (χ0) is 20.0. The monoisotopic (exact) mass is 455 g/mol. The van der Waals surface area contributed by atoms with Crippen molar-refractivity contribution in [1.29, 1.82) is 0 Å². The Bertz CT molecular complexity index is 726. The maximum atomic E-state index is 12.4. The van der Waals surface area contributed by atoms with E-state index in [0.29, 0.717) is 25.1 Å².